The molecule has 10 N–H and O–H groups in total. The smallest absolute Gasteiger partial charge is 0.180 e. The monoisotopic (exact) mass is 652 g/mol. The number of hydrogen-bond donors (Lipinski definition) is 10. The minimum absolute atomic E-state index is 0. The van der Waals surface area contributed by atoms with E-state index in [9.17, 15) is 40.9 Å². The largest absolute Gasteiger partial charge is 0.507 e. The minimum Gasteiger partial charge on any atom is -0.507 e. The molecular weight excluding hydrogens is 615 g/mol. The first-order chi connectivity index (χ1) is 19.9. The molecule has 2 saturated heterocycles. The van der Waals surface area contributed by atoms with Crippen molar-refractivity contribution in [2.45, 2.75) is 75.1 Å². The second kappa shape index (κ2) is 16.5. The molecule has 0 aromatic heterocycles. The van der Waals surface area contributed by atoms with Gasteiger partial charge in [-0.05, 0) is 37.1 Å². The molecule has 10 atom stereocenters. The van der Waals surface area contributed by atoms with E-state index in [4.69, 9.17) is 19.7 Å². The summed E-state index contributed by atoms with van der Waals surface area (Å²) in [7, 11) is 0. The van der Waals surface area contributed by atoms with E-state index in [0.29, 0.717) is 22.3 Å². The zero-order valence-electron chi connectivity index (χ0n) is 23.3. The first-order valence-corrected chi connectivity index (χ1v) is 13.2. The van der Waals surface area contributed by atoms with Crippen LogP contribution in [0, 0.1) is 13.8 Å². The van der Waals surface area contributed by atoms with Gasteiger partial charge in [-0.15, -0.1) is 0 Å². The van der Waals surface area contributed by atoms with Crippen LogP contribution in [-0.4, -0.2) is 138 Å². The number of phenolic OH excluding ortho intramolecular Hbond substituents is 2. The van der Waals surface area contributed by atoms with Gasteiger partial charge in [0.25, 0.3) is 0 Å². The summed E-state index contributed by atoms with van der Waals surface area (Å²) < 4.78 is 9.98. The quantitative estimate of drug-likeness (QED) is 0.118. The normalized spacial score (nSPS) is 32.7. The maximum atomic E-state index is 9.93. The van der Waals surface area contributed by atoms with Crippen LogP contribution in [0.2, 0.25) is 0 Å². The number of para-hydroxylation sites is 2. The van der Waals surface area contributed by atoms with Crippen LogP contribution < -0.4 is 0 Å². The number of benzene rings is 2. The molecule has 2 unspecified atom stereocenters. The van der Waals surface area contributed by atoms with Gasteiger partial charge in [0.05, 0.1) is 13.2 Å². The Kier molecular flexibility index (Phi) is 14.1. The number of aryl methyl sites for hydroxylation is 2. The Morgan fingerprint density at radius 2 is 0.977 bits per heavy atom. The first-order valence-electron chi connectivity index (χ1n) is 13.2. The molecular formula is C28H38N2NiO12. The number of hydrogen-bond acceptors (Lipinski definition) is 14. The molecule has 2 aromatic carbocycles. The van der Waals surface area contributed by atoms with E-state index >= 15 is 0 Å². The van der Waals surface area contributed by atoms with Crippen molar-refractivity contribution in [1.82, 2.24) is 0 Å². The average molecular weight is 653 g/mol. The van der Waals surface area contributed by atoms with Gasteiger partial charge < -0.3 is 60.5 Å². The Hall–Kier alpha value is -2.53. The third-order valence-electron chi connectivity index (χ3n) is 7.04. The van der Waals surface area contributed by atoms with E-state index < -0.39 is 74.5 Å². The summed E-state index contributed by atoms with van der Waals surface area (Å²) in [5.41, 5.74) is 2.18. The predicted octanol–water partition coefficient (Wildman–Crippen LogP) is -2.16. The molecule has 242 valence electrons. The number of aliphatic hydroxyl groups is 8. The second-order valence-corrected chi connectivity index (χ2v) is 10.0. The Labute approximate surface area is 257 Å². The zero-order chi connectivity index (χ0) is 31.1. The number of aliphatic imine (C=N–C) groups is 2. The van der Waals surface area contributed by atoms with Crippen molar-refractivity contribution in [3.05, 3.63) is 58.7 Å². The van der Waals surface area contributed by atoms with Crippen LogP contribution in [0.5, 0.6) is 11.5 Å². The fraction of sp³-hybridized carbons (Fsp3) is 0.500. The molecule has 0 amide bonds. The Balaban J connectivity index is 0.000000293. The van der Waals surface area contributed by atoms with Crippen molar-refractivity contribution in [1.29, 1.82) is 0 Å². The van der Waals surface area contributed by atoms with Gasteiger partial charge >= 0.3 is 0 Å². The van der Waals surface area contributed by atoms with E-state index in [0.717, 1.165) is 0 Å². The van der Waals surface area contributed by atoms with E-state index in [1.165, 1.54) is 12.4 Å². The van der Waals surface area contributed by atoms with E-state index in [1.54, 1.807) is 50.2 Å². The molecule has 0 saturated carbocycles. The topological polar surface area (TPSA) is 245 Å². The molecule has 15 heteroatoms. The van der Waals surface area contributed by atoms with Gasteiger partial charge in [0.15, 0.2) is 12.6 Å². The number of rotatable bonds is 6. The van der Waals surface area contributed by atoms with E-state index in [1.807, 2.05) is 0 Å². The molecule has 0 spiro atoms. The van der Waals surface area contributed by atoms with Crippen LogP contribution in [0.15, 0.2) is 46.4 Å². The zero-order valence-corrected chi connectivity index (χ0v) is 24.3. The van der Waals surface area contributed by atoms with Gasteiger partial charge in [0.1, 0.15) is 60.2 Å². The minimum atomic E-state index is -1.45. The summed E-state index contributed by atoms with van der Waals surface area (Å²) in [5, 5.41) is 96.6. The van der Waals surface area contributed by atoms with Gasteiger partial charge in [-0.2, -0.15) is 0 Å². The predicted molar refractivity (Wildman–Crippen MR) is 148 cm³/mol. The summed E-state index contributed by atoms with van der Waals surface area (Å²) in [4.78, 5) is 7.97. The van der Waals surface area contributed by atoms with Crippen LogP contribution in [0.1, 0.15) is 22.3 Å². The van der Waals surface area contributed by atoms with Crippen LogP contribution in [-0.2, 0) is 26.0 Å². The van der Waals surface area contributed by atoms with Crippen LogP contribution in [0.25, 0.3) is 0 Å². The van der Waals surface area contributed by atoms with Gasteiger partial charge in [-0.3, -0.25) is 9.98 Å². The maximum absolute atomic E-state index is 9.93. The fourth-order valence-electron chi connectivity index (χ4n) is 4.39. The van der Waals surface area contributed by atoms with Crippen molar-refractivity contribution < 1.29 is 77.0 Å². The fourth-order valence-corrected chi connectivity index (χ4v) is 4.39. The summed E-state index contributed by atoms with van der Waals surface area (Å²) >= 11 is 0. The average Bonchev–Trinajstić information content (AvgIpc) is 2.97. The second-order valence-electron chi connectivity index (χ2n) is 10.0. The molecule has 4 rings (SSSR count). The summed E-state index contributed by atoms with van der Waals surface area (Å²) in [6.45, 7) is 2.42. The molecule has 43 heavy (non-hydrogen) atoms. The van der Waals surface area contributed by atoms with Crippen molar-refractivity contribution >= 4 is 12.4 Å². The molecule has 0 radical (unpaired) electrons. The number of aromatic hydroxyl groups is 2. The standard InChI is InChI=1S/2C14H19NO6.Ni/c2*1-7-3-2-4-8(11(7)17)5-15-10-13(19)12(18)9(6-16)21-14(10)20;/h2*2-5,9-10,12-14,16-20H,6H2,1H3;/t2*9-,10-,12-,13-,14?;/m11./s1. The number of nitrogens with zero attached hydrogens (tertiary/aromatic N) is 2. The van der Waals surface area contributed by atoms with E-state index in [-0.39, 0.29) is 28.0 Å². The first kappa shape index (κ1) is 36.7. The SMILES string of the molecule is Cc1cccc(C=N[C@H]2C(O)O[C@H](CO)[C@@H](O)[C@@H]2O)c1O.Cc1cccc(C=N[C@H]2C(O)O[C@H](CO)[C@@H](O)[C@@H]2O)c1O.[Ni]. The van der Waals surface area contributed by atoms with Crippen LogP contribution in [0.4, 0.5) is 0 Å². The maximum Gasteiger partial charge on any atom is 0.180 e. The molecule has 14 nitrogen and oxygen atoms in total. The third-order valence-corrected chi connectivity index (χ3v) is 7.04. The molecule has 2 aliphatic rings. The number of phenols is 2. The summed E-state index contributed by atoms with van der Waals surface area (Å²) in [6.07, 6.45) is -7.90. The van der Waals surface area contributed by atoms with Crippen molar-refractivity contribution in [3.8, 4) is 11.5 Å². The molecule has 2 aromatic rings. The molecule has 2 fully saturated rings. The molecule has 0 aliphatic carbocycles. The van der Waals surface area contributed by atoms with Gasteiger partial charge in [-0.25, -0.2) is 0 Å². The van der Waals surface area contributed by atoms with Gasteiger partial charge in [-0.1, -0.05) is 24.3 Å². The molecule has 2 aliphatic heterocycles. The Bertz CT molecular complexity index is 1140. The molecule has 0 bridgehead atoms. The Morgan fingerprint density at radius 3 is 1.30 bits per heavy atom. The summed E-state index contributed by atoms with van der Waals surface area (Å²) in [5.74, 6) is 0.103. The third kappa shape index (κ3) is 8.78. The van der Waals surface area contributed by atoms with Gasteiger partial charge in [0, 0.05) is 40.0 Å². The number of aliphatic hydroxyl groups excluding tert-OH is 8. The van der Waals surface area contributed by atoms with Crippen LogP contribution >= 0.6 is 0 Å². The van der Waals surface area contributed by atoms with Crippen molar-refractivity contribution in [2.75, 3.05) is 13.2 Å². The molecule has 2 heterocycles. The van der Waals surface area contributed by atoms with Crippen molar-refractivity contribution in [3.63, 3.8) is 0 Å². The van der Waals surface area contributed by atoms with Crippen molar-refractivity contribution in [2.24, 2.45) is 9.98 Å². The summed E-state index contributed by atoms with van der Waals surface area (Å²) in [6, 6.07) is 7.97. The van der Waals surface area contributed by atoms with Crippen LogP contribution in [0.3, 0.4) is 0 Å². The number of ether oxygens (including phenoxy) is 2. The Morgan fingerprint density at radius 1 is 0.628 bits per heavy atom. The van der Waals surface area contributed by atoms with Gasteiger partial charge in [0.2, 0.25) is 0 Å². The van der Waals surface area contributed by atoms with E-state index in [2.05, 4.69) is 9.98 Å².